The Hall–Kier alpha value is -3.60. The number of aliphatic carboxylic acids is 1. The van der Waals surface area contributed by atoms with Crippen LogP contribution in [0, 0.1) is 13.8 Å². The highest BCUT2D eigenvalue weighted by molar-refractivity contribution is 7.47. The average Bonchev–Trinajstić information content (AvgIpc) is 3.34. The normalized spacial score (nSPS) is 23.3. The Bertz CT molecular complexity index is 1530. The first-order chi connectivity index (χ1) is 17.3. The molecule has 5 atom stereocenters. The molecule has 37 heavy (non-hydrogen) atoms. The summed E-state index contributed by atoms with van der Waals surface area (Å²) < 4.78 is 29.4. The molecule has 3 unspecified atom stereocenters. The lowest BCUT2D eigenvalue weighted by atomic mass is 10.1. The Kier molecular flexibility index (Phi) is 6.93. The fraction of sp³-hybridized carbons (Fsp3) is 0.421. The highest BCUT2D eigenvalue weighted by atomic mass is 31.2. The molecule has 1 saturated heterocycles. The number of nitrogens with one attached hydrogen (secondary N) is 2. The van der Waals surface area contributed by atoms with Crippen molar-refractivity contribution in [2.45, 2.75) is 44.8 Å². The summed E-state index contributed by atoms with van der Waals surface area (Å²) in [6.07, 6.45) is -5.26. The van der Waals surface area contributed by atoms with E-state index in [4.69, 9.17) is 24.6 Å². The third-order valence-corrected chi connectivity index (χ3v) is 6.63. The summed E-state index contributed by atoms with van der Waals surface area (Å²) >= 11 is 0. The van der Waals surface area contributed by atoms with Gasteiger partial charge in [0.2, 0.25) is 5.95 Å². The van der Waals surface area contributed by atoms with E-state index >= 15 is 0 Å². The van der Waals surface area contributed by atoms with Gasteiger partial charge in [-0.3, -0.25) is 33.4 Å². The van der Waals surface area contributed by atoms with Crippen molar-refractivity contribution in [2.75, 3.05) is 12.3 Å². The number of H-pyrrole nitrogens is 2. The number of rotatable bonds is 8. The summed E-state index contributed by atoms with van der Waals surface area (Å²) in [5.74, 6) is -1.80. The minimum absolute atomic E-state index is 0.0285. The summed E-state index contributed by atoms with van der Waals surface area (Å²) in [4.78, 5) is 57.9. The van der Waals surface area contributed by atoms with Crippen LogP contribution in [-0.2, 0) is 25.0 Å². The molecule has 3 aromatic rings. The molecule has 0 aromatic carbocycles. The number of nitrogens with two attached hydrogens (primary N) is 1. The molecule has 4 rings (SSSR count). The fourth-order valence-corrected chi connectivity index (χ4v) is 4.74. The molecule has 8 N–H and O–H groups in total. The van der Waals surface area contributed by atoms with Crippen LogP contribution >= 0.6 is 7.82 Å². The van der Waals surface area contributed by atoms with Crippen molar-refractivity contribution in [3.63, 3.8) is 0 Å². The maximum atomic E-state index is 12.6. The number of nitrogens with zero attached hydrogens (tertiary/aromatic N) is 3. The van der Waals surface area contributed by atoms with Crippen molar-refractivity contribution >= 4 is 30.9 Å². The molecule has 1 aliphatic rings. The molecule has 0 amide bonds. The highest BCUT2D eigenvalue weighted by Gasteiger charge is 2.45. The molecule has 18 heteroatoms. The number of aliphatic hydroxyl groups excluding tert-OH is 2. The zero-order valence-corrected chi connectivity index (χ0v) is 20.2. The molecule has 3 aromatic heterocycles. The standard InChI is InChI=1S/C19H23N6O11P/c1-6-8(3-10(26)27)22-16(30)7(2)14(6)36-37(32,33)34-4-9-12(28)13(29)18(35-9)25-5-21-11-15(25)23-19(20)24-17(11)31/h5,9,12-13,18,28-29H,3-4H2,1-2H3,(H,22,30)(H,26,27)(H,32,33)(H3,20,23,24,31)/t9?,12-,13-,18?/m1/s1. The van der Waals surface area contributed by atoms with Gasteiger partial charge in [-0.05, 0) is 13.8 Å². The summed E-state index contributed by atoms with van der Waals surface area (Å²) in [6.45, 7) is 1.95. The van der Waals surface area contributed by atoms with Crippen LogP contribution in [0.25, 0.3) is 11.2 Å². The van der Waals surface area contributed by atoms with E-state index < -0.39 is 62.5 Å². The maximum Gasteiger partial charge on any atom is 0.527 e. The number of carboxylic acids is 1. The van der Waals surface area contributed by atoms with Gasteiger partial charge >= 0.3 is 13.8 Å². The molecule has 0 radical (unpaired) electrons. The number of hydrogen-bond donors (Lipinski definition) is 7. The summed E-state index contributed by atoms with van der Waals surface area (Å²) in [5.41, 5.74) is 4.06. The Morgan fingerprint density at radius 1 is 1.22 bits per heavy atom. The molecule has 0 aliphatic carbocycles. The van der Waals surface area contributed by atoms with E-state index in [0.29, 0.717) is 0 Å². The van der Waals surface area contributed by atoms with Crippen molar-refractivity contribution < 1.29 is 43.4 Å². The third kappa shape index (κ3) is 5.13. The van der Waals surface area contributed by atoms with Crippen molar-refractivity contribution in [3.05, 3.63) is 43.9 Å². The zero-order chi connectivity index (χ0) is 27.2. The number of hydrogen-bond acceptors (Lipinski definition) is 12. The summed E-state index contributed by atoms with van der Waals surface area (Å²) in [5, 5.41) is 29.9. The number of phosphoric ester groups is 1. The molecule has 0 spiro atoms. The quantitative estimate of drug-likeness (QED) is 0.159. The molecule has 4 heterocycles. The lowest BCUT2D eigenvalue weighted by Crippen LogP contribution is -2.33. The van der Waals surface area contributed by atoms with Gasteiger partial charge in [-0.25, -0.2) is 9.55 Å². The van der Waals surface area contributed by atoms with Crippen LogP contribution in [-0.4, -0.2) is 75.6 Å². The van der Waals surface area contributed by atoms with Crippen LogP contribution in [0.5, 0.6) is 5.75 Å². The second kappa shape index (κ2) is 9.70. The largest absolute Gasteiger partial charge is 0.527 e. The zero-order valence-electron chi connectivity index (χ0n) is 19.3. The number of aromatic nitrogens is 5. The number of carbonyl (C=O) groups is 1. The van der Waals surface area contributed by atoms with Crippen LogP contribution in [0.2, 0.25) is 0 Å². The van der Waals surface area contributed by atoms with Crippen LogP contribution in [0.3, 0.4) is 0 Å². The molecule has 1 aliphatic heterocycles. The van der Waals surface area contributed by atoms with Crippen LogP contribution in [0.1, 0.15) is 23.0 Å². The van der Waals surface area contributed by atoms with E-state index in [0.717, 1.165) is 10.9 Å². The summed E-state index contributed by atoms with van der Waals surface area (Å²) in [7, 11) is -4.94. The lowest BCUT2D eigenvalue weighted by molar-refractivity contribution is -0.136. The Labute approximate surface area is 206 Å². The SMILES string of the molecule is Cc1c(CC(=O)O)[nH]c(=O)c(C)c1OP(=O)(O)OCC1OC(n2cnc3c(=O)[nH]c(N)nc32)[C@H](O)[C@@H]1O. The smallest absolute Gasteiger partial charge is 0.481 e. The van der Waals surface area contributed by atoms with Crippen LogP contribution < -0.4 is 21.4 Å². The maximum absolute atomic E-state index is 12.6. The predicted molar refractivity (Wildman–Crippen MR) is 123 cm³/mol. The Balaban J connectivity index is 1.51. The van der Waals surface area contributed by atoms with Gasteiger partial charge in [0.15, 0.2) is 17.4 Å². The number of aliphatic hydroxyl groups is 2. The molecular formula is C19H23N6O11P. The third-order valence-electron chi connectivity index (χ3n) is 5.74. The van der Waals surface area contributed by atoms with E-state index in [9.17, 15) is 34.1 Å². The van der Waals surface area contributed by atoms with Gasteiger partial charge in [0.1, 0.15) is 24.1 Å². The van der Waals surface area contributed by atoms with Gasteiger partial charge in [0, 0.05) is 11.3 Å². The predicted octanol–water partition coefficient (Wildman–Crippen LogP) is -1.55. The van der Waals surface area contributed by atoms with E-state index in [1.54, 1.807) is 0 Å². The van der Waals surface area contributed by atoms with Gasteiger partial charge in [0.05, 0.1) is 24.9 Å². The first-order valence-electron chi connectivity index (χ1n) is 10.6. The van der Waals surface area contributed by atoms with Crippen molar-refractivity contribution in [1.29, 1.82) is 0 Å². The first-order valence-corrected chi connectivity index (χ1v) is 12.1. The van der Waals surface area contributed by atoms with Crippen LogP contribution in [0.15, 0.2) is 15.9 Å². The minimum Gasteiger partial charge on any atom is -0.481 e. The minimum atomic E-state index is -4.94. The molecular weight excluding hydrogens is 519 g/mol. The molecule has 0 saturated carbocycles. The van der Waals surface area contributed by atoms with Crippen molar-refractivity contribution in [3.8, 4) is 5.75 Å². The number of aromatic amines is 2. The monoisotopic (exact) mass is 542 g/mol. The summed E-state index contributed by atoms with van der Waals surface area (Å²) in [6, 6.07) is 0. The van der Waals surface area contributed by atoms with Gasteiger partial charge in [-0.2, -0.15) is 4.98 Å². The number of nitrogen functional groups attached to an aromatic ring is 1. The van der Waals surface area contributed by atoms with E-state index in [1.165, 1.54) is 13.8 Å². The Morgan fingerprint density at radius 3 is 2.59 bits per heavy atom. The second-order valence-electron chi connectivity index (χ2n) is 8.26. The number of phosphoric acid groups is 1. The van der Waals surface area contributed by atoms with E-state index in [2.05, 4.69) is 19.9 Å². The molecule has 200 valence electrons. The van der Waals surface area contributed by atoms with Gasteiger partial charge < -0.3 is 35.3 Å². The number of fused-ring (bicyclic) bond motifs is 1. The van der Waals surface area contributed by atoms with Gasteiger partial charge in [0.25, 0.3) is 11.1 Å². The van der Waals surface area contributed by atoms with E-state index in [-0.39, 0.29) is 39.7 Å². The average molecular weight is 542 g/mol. The highest BCUT2D eigenvalue weighted by Crippen LogP contribution is 2.46. The van der Waals surface area contributed by atoms with Crippen molar-refractivity contribution in [1.82, 2.24) is 24.5 Å². The van der Waals surface area contributed by atoms with Gasteiger partial charge in [-0.15, -0.1) is 0 Å². The second-order valence-corrected chi connectivity index (χ2v) is 9.64. The van der Waals surface area contributed by atoms with Gasteiger partial charge in [-0.1, -0.05) is 0 Å². The molecule has 1 fully saturated rings. The number of imidazole rings is 1. The van der Waals surface area contributed by atoms with E-state index in [1.807, 2.05) is 0 Å². The van der Waals surface area contributed by atoms with Crippen LogP contribution in [0.4, 0.5) is 5.95 Å². The number of anilines is 1. The first kappa shape index (κ1) is 26.5. The Morgan fingerprint density at radius 2 is 1.92 bits per heavy atom. The molecule has 0 bridgehead atoms. The number of pyridine rings is 1. The lowest BCUT2D eigenvalue weighted by Gasteiger charge is -2.20. The topological polar surface area (TPSA) is 265 Å². The molecule has 17 nitrogen and oxygen atoms in total. The van der Waals surface area contributed by atoms with Crippen molar-refractivity contribution in [2.24, 2.45) is 0 Å². The number of carboxylic acid groups (broad SMARTS) is 1. The fourth-order valence-electron chi connectivity index (χ4n) is 3.85. The number of ether oxygens (including phenoxy) is 1.